The summed E-state index contributed by atoms with van der Waals surface area (Å²) in [6.07, 6.45) is 0. The highest BCUT2D eigenvalue weighted by atomic mass is 16.2. The monoisotopic (exact) mass is 261 g/mol. The molecule has 4 heteroatoms. The Labute approximate surface area is 115 Å². The highest BCUT2D eigenvalue weighted by molar-refractivity contribution is 5.81. The number of anilines is 1. The molecule has 1 saturated heterocycles. The van der Waals surface area contributed by atoms with Gasteiger partial charge in [0.1, 0.15) is 0 Å². The van der Waals surface area contributed by atoms with Crippen molar-refractivity contribution in [2.45, 2.75) is 26.8 Å². The van der Waals surface area contributed by atoms with E-state index in [0.717, 1.165) is 25.3 Å². The molecule has 1 heterocycles. The quantitative estimate of drug-likeness (QED) is 0.867. The fourth-order valence-electron chi connectivity index (χ4n) is 2.57. The van der Waals surface area contributed by atoms with E-state index in [-0.39, 0.29) is 11.9 Å². The Balaban J connectivity index is 1.96. The summed E-state index contributed by atoms with van der Waals surface area (Å²) in [5.41, 5.74) is 3.45. The molecule has 104 valence electrons. The van der Waals surface area contributed by atoms with Crippen molar-refractivity contribution < 1.29 is 4.79 Å². The van der Waals surface area contributed by atoms with Gasteiger partial charge < -0.3 is 15.5 Å². The third kappa shape index (κ3) is 3.26. The van der Waals surface area contributed by atoms with Crippen LogP contribution in [0.4, 0.5) is 5.69 Å². The van der Waals surface area contributed by atoms with Crippen LogP contribution < -0.4 is 10.6 Å². The summed E-state index contributed by atoms with van der Waals surface area (Å²) >= 11 is 0. The Hall–Kier alpha value is -1.55. The normalized spacial score (nSPS) is 19.3. The highest BCUT2D eigenvalue weighted by Crippen LogP contribution is 2.19. The van der Waals surface area contributed by atoms with Crippen molar-refractivity contribution in [2.24, 2.45) is 0 Å². The van der Waals surface area contributed by atoms with E-state index in [1.807, 2.05) is 11.0 Å². The summed E-state index contributed by atoms with van der Waals surface area (Å²) < 4.78 is 0. The number of hydrogen-bond acceptors (Lipinski definition) is 3. The van der Waals surface area contributed by atoms with Crippen molar-refractivity contribution in [1.82, 2.24) is 10.2 Å². The van der Waals surface area contributed by atoms with Crippen LogP contribution in [-0.4, -0.2) is 43.0 Å². The van der Waals surface area contributed by atoms with Gasteiger partial charge in [0.25, 0.3) is 0 Å². The minimum atomic E-state index is 0.177. The molecule has 1 amide bonds. The number of hydrogen-bond donors (Lipinski definition) is 2. The first-order chi connectivity index (χ1) is 9.09. The van der Waals surface area contributed by atoms with Crippen LogP contribution in [0.2, 0.25) is 0 Å². The maximum Gasteiger partial charge on any atom is 0.242 e. The molecule has 0 saturated carbocycles. The van der Waals surface area contributed by atoms with E-state index >= 15 is 0 Å². The smallest absolute Gasteiger partial charge is 0.242 e. The number of para-hydroxylation sites is 1. The van der Waals surface area contributed by atoms with E-state index in [9.17, 15) is 4.79 Å². The first kappa shape index (κ1) is 13.9. The average Bonchev–Trinajstić information content (AvgIpc) is 2.38. The zero-order valence-corrected chi connectivity index (χ0v) is 12.0. The Morgan fingerprint density at radius 3 is 2.74 bits per heavy atom. The van der Waals surface area contributed by atoms with Crippen molar-refractivity contribution in [1.29, 1.82) is 0 Å². The van der Waals surface area contributed by atoms with Crippen LogP contribution in [0.15, 0.2) is 18.2 Å². The number of carbonyl (C=O) groups is 1. The third-order valence-corrected chi connectivity index (χ3v) is 3.72. The van der Waals surface area contributed by atoms with Crippen LogP contribution in [0.3, 0.4) is 0 Å². The van der Waals surface area contributed by atoms with Gasteiger partial charge in [-0.15, -0.1) is 0 Å². The number of amides is 1. The Bertz CT molecular complexity index is 438. The number of aryl methyl sites for hydroxylation is 2. The molecule has 1 atom stereocenters. The third-order valence-electron chi connectivity index (χ3n) is 3.72. The lowest BCUT2D eigenvalue weighted by atomic mass is 10.1. The van der Waals surface area contributed by atoms with E-state index in [1.54, 1.807) is 0 Å². The van der Waals surface area contributed by atoms with E-state index in [0.29, 0.717) is 6.54 Å². The van der Waals surface area contributed by atoms with Gasteiger partial charge in [0.05, 0.1) is 6.54 Å². The predicted octanol–water partition coefficient (Wildman–Crippen LogP) is 1.54. The average molecular weight is 261 g/mol. The second kappa shape index (κ2) is 6.06. The summed E-state index contributed by atoms with van der Waals surface area (Å²) in [5.74, 6) is 0.177. The van der Waals surface area contributed by atoms with Gasteiger partial charge >= 0.3 is 0 Å². The molecule has 0 spiro atoms. The molecule has 1 aliphatic rings. The van der Waals surface area contributed by atoms with Crippen LogP contribution in [0, 0.1) is 13.8 Å². The van der Waals surface area contributed by atoms with Gasteiger partial charge in [-0.25, -0.2) is 0 Å². The maximum atomic E-state index is 12.2. The number of nitrogens with one attached hydrogen (secondary N) is 2. The highest BCUT2D eigenvalue weighted by Gasteiger charge is 2.22. The van der Waals surface area contributed by atoms with Crippen molar-refractivity contribution in [3.8, 4) is 0 Å². The topological polar surface area (TPSA) is 44.4 Å². The molecule has 1 aliphatic heterocycles. The van der Waals surface area contributed by atoms with Gasteiger partial charge in [0.2, 0.25) is 5.91 Å². The Kier molecular flexibility index (Phi) is 4.43. The molecule has 19 heavy (non-hydrogen) atoms. The van der Waals surface area contributed by atoms with Crippen LogP contribution >= 0.6 is 0 Å². The van der Waals surface area contributed by atoms with Crippen molar-refractivity contribution >= 4 is 11.6 Å². The standard InChI is InChI=1S/C15H23N3O/c1-11-5-4-6-12(2)15(11)17-10-14(19)18-8-7-16-9-13(18)3/h4-6,13,16-17H,7-10H2,1-3H3/t13-/m0/s1. The van der Waals surface area contributed by atoms with Gasteiger partial charge in [-0.05, 0) is 31.9 Å². The lowest BCUT2D eigenvalue weighted by Gasteiger charge is -2.34. The zero-order valence-electron chi connectivity index (χ0n) is 12.0. The van der Waals surface area contributed by atoms with Gasteiger partial charge in [-0.2, -0.15) is 0 Å². The van der Waals surface area contributed by atoms with Crippen LogP contribution in [0.1, 0.15) is 18.1 Å². The molecule has 2 rings (SSSR count). The van der Waals surface area contributed by atoms with Gasteiger partial charge in [-0.3, -0.25) is 4.79 Å². The lowest BCUT2D eigenvalue weighted by Crippen LogP contribution is -2.53. The van der Waals surface area contributed by atoms with Crippen LogP contribution in [0.25, 0.3) is 0 Å². The minimum absolute atomic E-state index is 0.177. The maximum absolute atomic E-state index is 12.2. The summed E-state index contributed by atoms with van der Waals surface area (Å²) in [6, 6.07) is 6.44. The number of nitrogens with zero attached hydrogens (tertiary/aromatic N) is 1. The molecule has 2 N–H and O–H groups in total. The number of piperazine rings is 1. The molecule has 0 aromatic heterocycles. The fourth-order valence-corrected chi connectivity index (χ4v) is 2.57. The molecule has 1 aromatic rings. The number of benzene rings is 1. The molecule has 0 unspecified atom stereocenters. The Morgan fingerprint density at radius 1 is 1.42 bits per heavy atom. The van der Waals surface area contributed by atoms with E-state index in [1.165, 1.54) is 11.1 Å². The zero-order chi connectivity index (χ0) is 13.8. The molecule has 0 aliphatic carbocycles. The molecule has 1 aromatic carbocycles. The molecule has 0 bridgehead atoms. The second-order valence-corrected chi connectivity index (χ2v) is 5.26. The van der Waals surface area contributed by atoms with E-state index in [4.69, 9.17) is 0 Å². The molecule has 1 fully saturated rings. The van der Waals surface area contributed by atoms with Crippen LogP contribution in [0.5, 0.6) is 0 Å². The van der Waals surface area contributed by atoms with Crippen molar-refractivity contribution in [3.63, 3.8) is 0 Å². The first-order valence-electron chi connectivity index (χ1n) is 6.90. The van der Waals surface area contributed by atoms with Gasteiger partial charge in [0.15, 0.2) is 0 Å². The molecule has 4 nitrogen and oxygen atoms in total. The molecule has 0 radical (unpaired) electrons. The molecular formula is C15H23N3O. The predicted molar refractivity (Wildman–Crippen MR) is 78.5 cm³/mol. The van der Waals surface area contributed by atoms with Crippen molar-refractivity contribution in [2.75, 3.05) is 31.5 Å². The van der Waals surface area contributed by atoms with Gasteiger partial charge in [0, 0.05) is 31.4 Å². The Morgan fingerprint density at radius 2 is 2.11 bits per heavy atom. The first-order valence-corrected chi connectivity index (χ1v) is 6.90. The van der Waals surface area contributed by atoms with Gasteiger partial charge in [-0.1, -0.05) is 18.2 Å². The minimum Gasteiger partial charge on any atom is -0.376 e. The SMILES string of the molecule is Cc1cccc(C)c1NCC(=O)N1CCNC[C@@H]1C. The second-order valence-electron chi connectivity index (χ2n) is 5.26. The molecular weight excluding hydrogens is 238 g/mol. The van der Waals surface area contributed by atoms with Crippen LogP contribution in [-0.2, 0) is 4.79 Å². The summed E-state index contributed by atoms with van der Waals surface area (Å²) in [6.45, 7) is 9.16. The lowest BCUT2D eigenvalue weighted by molar-refractivity contribution is -0.132. The number of carbonyl (C=O) groups excluding carboxylic acids is 1. The van der Waals surface area contributed by atoms with Crippen molar-refractivity contribution in [3.05, 3.63) is 29.3 Å². The van der Waals surface area contributed by atoms with E-state index in [2.05, 4.69) is 43.5 Å². The largest absolute Gasteiger partial charge is 0.376 e. The van der Waals surface area contributed by atoms with E-state index < -0.39 is 0 Å². The fraction of sp³-hybridized carbons (Fsp3) is 0.533. The summed E-state index contributed by atoms with van der Waals surface area (Å²) in [5, 5.41) is 6.58. The summed E-state index contributed by atoms with van der Waals surface area (Å²) in [7, 11) is 0. The summed E-state index contributed by atoms with van der Waals surface area (Å²) in [4.78, 5) is 14.2. The number of rotatable bonds is 3.